The van der Waals surface area contributed by atoms with Crippen LogP contribution in [0, 0.1) is 11.3 Å². The molecule has 17 heavy (non-hydrogen) atoms. The molecule has 2 rings (SSSR count). The second-order valence-corrected chi connectivity index (χ2v) is 5.80. The Balaban J connectivity index is 2.01. The molecule has 0 saturated carbocycles. The predicted octanol–water partition coefficient (Wildman–Crippen LogP) is 2.89. The van der Waals surface area contributed by atoms with Crippen LogP contribution in [-0.2, 0) is 0 Å². The summed E-state index contributed by atoms with van der Waals surface area (Å²) in [5.41, 5.74) is 1.04. The van der Waals surface area contributed by atoms with E-state index in [2.05, 4.69) is 22.4 Å². The lowest BCUT2D eigenvalue weighted by Crippen LogP contribution is -2.29. The van der Waals surface area contributed by atoms with E-state index in [1.807, 2.05) is 25.1 Å². The Bertz CT molecular complexity index is 497. The van der Waals surface area contributed by atoms with Crippen LogP contribution in [0.2, 0.25) is 0 Å². The normalized spacial score (nSPS) is 12.5. The summed E-state index contributed by atoms with van der Waals surface area (Å²) in [6, 6.07) is 10.3. The van der Waals surface area contributed by atoms with Crippen LogP contribution in [-0.4, -0.2) is 23.3 Å². The van der Waals surface area contributed by atoms with Gasteiger partial charge in [0.15, 0.2) is 4.34 Å². The molecule has 0 fully saturated rings. The lowest BCUT2D eigenvalue weighted by molar-refractivity contribution is 0.677. The summed E-state index contributed by atoms with van der Waals surface area (Å²) in [4.78, 5) is 4.52. The van der Waals surface area contributed by atoms with Gasteiger partial charge in [-0.3, -0.25) is 0 Å². The smallest absolute Gasteiger partial charge is 0.151 e. The summed E-state index contributed by atoms with van der Waals surface area (Å²) in [5.74, 6) is 0.740. The number of hydrogen-bond acceptors (Lipinski definition) is 5. The molecule has 3 nitrogen and oxygen atoms in total. The van der Waals surface area contributed by atoms with Gasteiger partial charge in [0.25, 0.3) is 0 Å². The number of fused-ring (bicyclic) bond motifs is 1. The van der Waals surface area contributed by atoms with Gasteiger partial charge in [-0.25, -0.2) is 4.98 Å². The number of rotatable bonds is 5. The first-order valence-electron chi connectivity index (χ1n) is 5.45. The molecule has 0 aliphatic carbocycles. The van der Waals surface area contributed by atoms with Crippen molar-refractivity contribution in [2.24, 2.45) is 0 Å². The summed E-state index contributed by atoms with van der Waals surface area (Å²) in [6.45, 7) is 2.82. The first kappa shape index (κ1) is 12.4. The second-order valence-electron chi connectivity index (χ2n) is 3.50. The largest absolute Gasteiger partial charge is 0.302 e. The molecule has 1 heterocycles. The minimum Gasteiger partial charge on any atom is -0.302 e. The van der Waals surface area contributed by atoms with Crippen molar-refractivity contribution in [3.63, 3.8) is 0 Å². The Morgan fingerprint density at radius 3 is 3.06 bits per heavy atom. The molecule has 0 aliphatic rings. The fourth-order valence-electron chi connectivity index (χ4n) is 1.46. The number of para-hydroxylation sites is 1. The molecule has 0 saturated heterocycles. The molecule has 1 aromatic carbocycles. The number of hydrogen-bond donors (Lipinski definition) is 1. The fraction of sp³-hybridized carbons (Fsp3) is 0.333. The van der Waals surface area contributed by atoms with Crippen molar-refractivity contribution in [1.82, 2.24) is 10.3 Å². The van der Waals surface area contributed by atoms with E-state index in [1.54, 1.807) is 23.1 Å². The van der Waals surface area contributed by atoms with Crippen LogP contribution in [0.3, 0.4) is 0 Å². The van der Waals surface area contributed by atoms with Crippen molar-refractivity contribution in [3.05, 3.63) is 24.3 Å². The number of nitriles is 1. The molecule has 0 bridgehead atoms. The molecule has 1 atom stereocenters. The van der Waals surface area contributed by atoms with Crippen LogP contribution in [0.25, 0.3) is 10.2 Å². The lowest BCUT2D eigenvalue weighted by atomic mass is 10.3. The molecule has 2 aromatic rings. The van der Waals surface area contributed by atoms with Crippen molar-refractivity contribution < 1.29 is 0 Å². The molecule has 0 spiro atoms. The van der Waals surface area contributed by atoms with E-state index < -0.39 is 0 Å². The van der Waals surface area contributed by atoms with Crippen LogP contribution in [0.1, 0.15) is 6.92 Å². The van der Waals surface area contributed by atoms with E-state index in [4.69, 9.17) is 5.26 Å². The van der Waals surface area contributed by atoms with Crippen molar-refractivity contribution in [1.29, 1.82) is 5.26 Å². The molecule has 0 radical (unpaired) electrons. The van der Waals surface area contributed by atoms with Gasteiger partial charge in [0, 0.05) is 5.75 Å². The molecule has 0 amide bonds. The first-order chi connectivity index (χ1) is 8.33. The fourth-order valence-corrected chi connectivity index (χ4v) is 3.53. The van der Waals surface area contributed by atoms with Crippen molar-refractivity contribution >= 4 is 33.3 Å². The van der Waals surface area contributed by atoms with E-state index >= 15 is 0 Å². The zero-order chi connectivity index (χ0) is 12.1. The molecule has 88 valence electrons. The average molecular weight is 263 g/mol. The highest BCUT2D eigenvalue weighted by Crippen LogP contribution is 2.29. The van der Waals surface area contributed by atoms with E-state index in [9.17, 15) is 0 Å². The maximum atomic E-state index is 8.93. The van der Waals surface area contributed by atoms with Crippen LogP contribution in [0.4, 0.5) is 0 Å². The second kappa shape index (κ2) is 6.01. The Morgan fingerprint density at radius 2 is 2.35 bits per heavy atom. The summed E-state index contributed by atoms with van der Waals surface area (Å²) in [7, 11) is 0. The van der Waals surface area contributed by atoms with Crippen LogP contribution in [0.15, 0.2) is 28.6 Å². The number of thioether (sulfide) groups is 1. The molecular formula is C12H13N3S2. The summed E-state index contributed by atoms with van der Waals surface area (Å²) < 4.78 is 2.23. The summed E-state index contributed by atoms with van der Waals surface area (Å²) >= 11 is 3.32. The van der Waals surface area contributed by atoms with Gasteiger partial charge in [-0.05, 0) is 18.7 Å². The maximum Gasteiger partial charge on any atom is 0.151 e. The summed E-state index contributed by atoms with van der Waals surface area (Å²) in [5, 5.41) is 12.1. The number of thiazole rings is 1. The van der Waals surface area contributed by atoms with E-state index in [1.165, 1.54) is 4.70 Å². The predicted molar refractivity (Wildman–Crippen MR) is 73.4 cm³/mol. The van der Waals surface area contributed by atoms with Crippen molar-refractivity contribution in [2.75, 3.05) is 12.3 Å². The molecule has 5 heteroatoms. The highest BCUT2D eigenvalue weighted by atomic mass is 32.2. The van der Waals surface area contributed by atoms with Gasteiger partial charge in [-0.1, -0.05) is 30.8 Å². The maximum absolute atomic E-state index is 8.93. The lowest BCUT2D eigenvalue weighted by Gasteiger charge is -2.06. The van der Waals surface area contributed by atoms with Gasteiger partial charge in [0.05, 0.1) is 16.3 Å². The minimum absolute atomic E-state index is 0.1000. The standard InChI is InChI=1S/C12H13N3S2/c1-2-14-9(7-13)8-16-12-15-10-5-3-4-6-11(10)17-12/h3-6,9,14H,2,8H2,1H3. The SMILES string of the molecule is CCNC(C#N)CSc1nc2ccccc2s1. The molecule has 1 N–H and O–H groups in total. The summed E-state index contributed by atoms with van der Waals surface area (Å²) in [6.07, 6.45) is 0. The van der Waals surface area contributed by atoms with Gasteiger partial charge in [-0.2, -0.15) is 5.26 Å². The van der Waals surface area contributed by atoms with Gasteiger partial charge < -0.3 is 5.32 Å². The topological polar surface area (TPSA) is 48.7 Å². The van der Waals surface area contributed by atoms with Gasteiger partial charge in [0.2, 0.25) is 0 Å². The number of benzene rings is 1. The Morgan fingerprint density at radius 1 is 1.53 bits per heavy atom. The first-order valence-corrected chi connectivity index (χ1v) is 7.25. The highest BCUT2D eigenvalue weighted by Gasteiger charge is 2.09. The van der Waals surface area contributed by atoms with Crippen molar-refractivity contribution in [2.45, 2.75) is 17.3 Å². The zero-order valence-corrected chi connectivity index (χ0v) is 11.1. The van der Waals surface area contributed by atoms with Gasteiger partial charge >= 0.3 is 0 Å². The highest BCUT2D eigenvalue weighted by molar-refractivity contribution is 8.01. The third kappa shape index (κ3) is 3.19. The molecule has 1 unspecified atom stereocenters. The van der Waals surface area contributed by atoms with E-state index in [0.717, 1.165) is 22.2 Å². The number of nitrogens with zero attached hydrogens (tertiary/aromatic N) is 2. The van der Waals surface area contributed by atoms with Crippen LogP contribution < -0.4 is 5.32 Å². The third-order valence-electron chi connectivity index (χ3n) is 2.25. The zero-order valence-electron chi connectivity index (χ0n) is 9.51. The molecule has 0 aliphatic heterocycles. The number of nitrogens with one attached hydrogen (secondary N) is 1. The Hall–Kier alpha value is -1.09. The minimum atomic E-state index is -0.1000. The van der Waals surface area contributed by atoms with Gasteiger partial charge in [0.1, 0.15) is 6.04 Å². The van der Waals surface area contributed by atoms with E-state index in [0.29, 0.717) is 0 Å². The third-order valence-corrected chi connectivity index (χ3v) is 4.53. The van der Waals surface area contributed by atoms with Crippen LogP contribution >= 0.6 is 23.1 Å². The monoisotopic (exact) mass is 263 g/mol. The molecular weight excluding hydrogens is 250 g/mol. The average Bonchev–Trinajstić information content (AvgIpc) is 2.77. The van der Waals surface area contributed by atoms with Crippen LogP contribution in [0.5, 0.6) is 0 Å². The Labute approximate surface area is 109 Å². The van der Waals surface area contributed by atoms with E-state index in [-0.39, 0.29) is 6.04 Å². The number of aromatic nitrogens is 1. The van der Waals surface area contributed by atoms with Gasteiger partial charge in [-0.15, -0.1) is 11.3 Å². The Kier molecular flexibility index (Phi) is 4.37. The quantitative estimate of drug-likeness (QED) is 0.843. The van der Waals surface area contributed by atoms with Crippen molar-refractivity contribution in [3.8, 4) is 6.07 Å². The molecule has 1 aromatic heterocycles.